The lowest BCUT2D eigenvalue weighted by Gasteiger charge is -2.35. The molecule has 2 amide bonds. The second-order valence-electron chi connectivity index (χ2n) is 6.48. The quantitative estimate of drug-likeness (QED) is 0.592. The first-order valence-corrected chi connectivity index (χ1v) is 8.67. The molecule has 2 atom stereocenters. The molecule has 0 saturated carbocycles. The molecule has 2 aliphatic rings. The van der Waals surface area contributed by atoms with Crippen LogP contribution in [0.15, 0.2) is 24.3 Å². The van der Waals surface area contributed by atoms with Gasteiger partial charge >= 0.3 is 0 Å². The number of nitrogens with two attached hydrogens (primary N) is 1. The number of carbonyl (C=O) groups is 2. The third kappa shape index (κ3) is 4.74. The monoisotopic (exact) mass is 398 g/mol. The normalized spacial score (nSPS) is 22.3. The topological polar surface area (TPSA) is 119 Å². The van der Waals surface area contributed by atoms with E-state index in [4.69, 9.17) is 10.5 Å². The van der Waals surface area contributed by atoms with Gasteiger partial charge in [0.15, 0.2) is 0 Å². The van der Waals surface area contributed by atoms with Gasteiger partial charge in [0.2, 0.25) is 0 Å². The molecule has 2 fully saturated rings. The number of hydrogen-bond donors (Lipinski definition) is 1. The highest BCUT2D eigenvalue weighted by molar-refractivity contribution is 5.94. The number of benzene rings is 1. The van der Waals surface area contributed by atoms with Gasteiger partial charge in [0.25, 0.3) is 17.5 Å². The Hall–Kier alpha value is -2.23. The van der Waals surface area contributed by atoms with E-state index < -0.39 is 11.0 Å². The molecular formula is C17H23ClN4O5. The van der Waals surface area contributed by atoms with Gasteiger partial charge in [0, 0.05) is 50.4 Å². The van der Waals surface area contributed by atoms with E-state index in [1.54, 1.807) is 9.80 Å². The van der Waals surface area contributed by atoms with Crippen molar-refractivity contribution in [3.05, 3.63) is 39.9 Å². The van der Waals surface area contributed by atoms with E-state index in [0.717, 1.165) is 6.42 Å². The highest BCUT2D eigenvalue weighted by Crippen LogP contribution is 2.22. The van der Waals surface area contributed by atoms with Crippen LogP contribution < -0.4 is 5.73 Å². The summed E-state index contributed by atoms with van der Waals surface area (Å²) in [5.74, 6) is -0.226. The van der Waals surface area contributed by atoms with Crippen LogP contribution in [0, 0.1) is 10.1 Å². The zero-order valence-corrected chi connectivity index (χ0v) is 15.6. The summed E-state index contributed by atoms with van der Waals surface area (Å²) in [6.07, 6.45) is 1.00. The van der Waals surface area contributed by atoms with Crippen LogP contribution in [-0.2, 0) is 9.53 Å². The molecule has 9 nitrogen and oxygen atoms in total. The van der Waals surface area contributed by atoms with Crippen LogP contribution in [0.4, 0.5) is 5.69 Å². The van der Waals surface area contributed by atoms with Gasteiger partial charge in [-0.15, -0.1) is 12.4 Å². The molecule has 2 heterocycles. The maximum absolute atomic E-state index is 12.5. The van der Waals surface area contributed by atoms with Crippen molar-refractivity contribution in [2.75, 3.05) is 32.7 Å². The zero-order valence-electron chi connectivity index (χ0n) is 14.8. The van der Waals surface area contributed by atoms with E-state index in [9.17, 15) is 19.7 Å². The van der Waals surface area contributed by atoms with Crippen molar-refractivity contribution < 1.29 is 19.2 Å². The van der Waals surface area contributed by atoms with Crippen LogP contribution >= 0.6 is 12.4 Å². The summed E-state index contributed by atoms with van der Waals surface area (Å²) in [5, 5.41) is 10.7. The van der Waals surface area contributed by atoms with E-state index in [-0.39, 0.29) is 36.0 Å². The van der Waals surface area contributed by atoms with Crippen LogP contribution in [0.5, 0.6) is 0 Å². The van der Waals surface area contributed by atoms with Crippen molar-refractivity contribution in [1.29, 1.82) is 0 Å². The number of halogens is 1. The van der Waals surface area contributed by atoms with Crippen LogP contribution in [0.3, 0.4) is 0 Å². The van der Waals surface area contributed by atoms with Crippen molar-refractivity contribution in [2.24, 2.45) is 5.73 Å². The van der Waals surface area contributed by atoms with Crippen LogP contribution in [0.2, 0.25) is 0 Å². The number of piperazine rings is 1. The minimum Gasteiger partial charge on any atom is -0.364 e. The molecule has 2 aliphatic heterocycles. The number of rotatable bonds is 4. The van der Waals surface area contributed by atoms with E-state index in [2.05, 4.69) is 0 Å². The number of nitrogens with zero attached hydrogens (tertiary/aromatic N) is 3. The molecule has 0 aliphatic carbocycles. The van der Waals surface area contributed by atoms with Gasteiger partial charge in [0.05, 0.1) is 11.0 Å². The molecule has 1 aromatic rings. The number of hydrogen-bond acceptors (Lipinski definition) is 6. The Labute approximate surface area is 163 Å². The second-order valence-corrected chi connectivity index (χ2v) is 6.48. The lowest BCUT2D eigenvalue weighted by Crippen LogP contribution is -2.53. The number of ether oxygens (including phenoxy) is 1. The minimum absolute atomic E-state index is 0. The van der Waals surface area contributed by atoms with Gasteiger partial charge in [0.1, 0.15) is 6.10 Å². The Bertz CT molecular complexity index is 691. The third-order valence-corrected chi connectivity index (χ3v) is 4.85. The second kappa shape index (κ2) is 9.12. The summed E-state index contributed by atoms with van der Waals surface area (Å²) < 4.78 is 5.65. The first-order valence-electron chi connectivity index (χ1n) is 8.67. The highest BCUT2D eigenvalue weighted by atomic mass is 35.5. The molecule has 148 valence electrons. The number of nitro benzene ring substituents is 1. The fourth-order valence-corrected chi connectivity index (χ4v) is 3.30. The molecular weight excluding hydrogens is 376 g/mol. The van der Waals surface area contributed by atoms with Crippen molar-refractivity contribution in [3.63, 3.8) is 0 Å². The Morgan fingerprint density at radius 2 is 1.70 bits per heavy atom. The molecule has 0 aromatic heterocycles. The molecule has 0 unspecified atom stereocenters. The predicted octanol–water partition coefficient (Wildman–Crippen LogP) is 0.807. The van der Waals surface area contributed by atoms with Crippen molar-refractivity contribution in [2.45, 2.75) is 25.0 Å². The average molecular weight is 399 g/mol. The maximum atomic E-state index is 12.5. The van der Waals surface area contributed by atoms with Gasteiger partial charge in [-0.1, -0.05) is 0 Å². The van der Waals surface area contributed by atoms with Crippen molar-refractivity contribution in [1.82, 2.24) is 9.80 Å². The van der Waals surface area contributed by atoms with Gasteiger partial charge in [-0.25, -0.2) is 0 Å². The highest BCUT2D eigenvalue weighted by Gasteiger charge is 2.34. The van der Waals surface area contributed by atoms with Crippen LogP contribution in [0.1, 0.15) is 23.2 Å². The van der Waals surface area contributed by atoms with E-state index in [1.165, 1.54) is 24.3 Å². The Balaban J connectivity index is 0.00000261. The van der Waals surface area contributed by atoms with Gasteiger partial charge in [-0.05, 0) is 25.0 Å². The van der Waals surface area contributed by atoms with Gasteiger partial charge in [-0.2, -0.15) is 0 Å². The zero-order chi connectivity index (χ0) is 18.7. The van der Waals surface area contributed by atoms with Crippen molar-refractivity contribution >= 4 is 29.9 Å². The van der Waals surface area contributed by atoms with E-state index in [0.29, 0.717) is 44.7 Å². The molecule has 2 saturated heterocycles. The van der Waals surface area contributed by atoms with Gasteiger partial charge < -0.3 is 20.3 Å². The Kier molecular flexibility index (Phi) is 7.11. The summed E-state index contributed by atoms with van der Waals surface area (Å²) in [6.45, 7) is 2.17. The van der Waals surface area contributed by atoms with Gasteiger partial charge in [-0.3, -0.25) is 19.7 Å². The SMILES string of the molecule is Cl.NC[C@H]1CC[C@@H](C(=O)N2CCN(C(=O)c3ccc([N+](=O)[O-])cc3)CC2)O1. The Morgan fingerprint density at radius 3 is 2.22 bits per heavy atom. The standard InChI is InChI=1S/C17H22N4O5.ClH/c18-11-14-5-6-15(26-14)17(23)20-9-7-19(8-10-20)16(22)12-1-3-13(4-2-12)21(24)25;/h1-4,14-15H,5-11,18H2;1H/t14-,15+;/m1./s1. The molecule has 1 aromatic carbocycles. The fourth-order valence-electron chi connectivity index (χ4n) is 3.30. The predicted molar refractivity (Wildman–Crippen MR) is 99.8 cm³/mol. The summed E-state index contributed by atoms with van der Waals surface area (Å²) in [4.78, 5) is 38.6. The van der Waals surface area contributed by atoms with Crippen LogP contribution in [-0.4, -0.2) is 71.5 Å². The molecule has 2 N–H and O–H groups in total. The molecule has 27 heavy (non-hydrogen) atoms. The molecule has 0 spiro atoms. The average Bonchev–Trinajstić information content (AvgIpc) is 3.16. The molecule has 0 radical (unpaired) electrons. The number of nitro groups is 1. The minimum atomic E-state index is -0.501. The molecule has 0 bridgehead atoms. The summed E-state index contributed by atoms with van der Waals surface area (Å²) in [6, 6.07) is 5.55. The number of amides is 2. The number of carbonyl (C=O) groups excluding carboxylic acids is 2. The summed E-state index contributed by atoms with van der Waals surface area (Å²) in [5.41, 5.74) is 5.93. The Morgan fingerprint density at radius 1 is 1.11 bits per heavy atom. The summed E-state index contributed by atoms with van der Waals surface area (Å²) in [7, 11) is 0. The first-order chi connectivity index (χ1) is 12.5. The third-order valence-electron chi connectivity index (χ3n) is 4.85. The van der Waals surface area contributed by atoms with Crippen LogP contribution in [0.25, 0.3) is 0 Å². The molecule has 3 rings (SSSR count). The first kappa shape index (κ1) is 21.1. The maximum Gasteiger partial charge on any atom is 0.269 e. The van der Waals surface area contributed by atoms with E-state index in [1.807, 2.05) is 0 Å². The lowest BCUT2D eigenvalue weighted by molar-refractivity contribution is -0.384. The smallest absolute Gasteiger partial charge is 0.269 e. The largest absolute Gasteiger partial charge is 0.364 e. The van der Waals surface area contributed by atoms with E-state index >= 15 is 0 Å². The lowest BCUT2D eigenvalue weighted by atomic mass is 10.1. The summed E-state index contributed by atoms with van der Waals surface area (Å²) >= 11 is 0. The molecule has 10 heteroatoms. The number of non-ortho nitro benzene ring substituents is 1. The van der Waals surface area contributed by atoms with Crippen molar-refractivity contribution in [3.8, 4) is 0 Å². The fraction of sp³-hybridized carbons (Fsp3) is 0.529.